The van der Waals surface area contributed by atoms with E-state index in [-0.39, 0.29) is 13.1 Å². The van der Waals surface area contributed by atoms with Crippen LogP contribution in [0.2, 0.25) is 0 Å². The van der Waals surface area contributed by atoms with Crippen molar-refractivity contribution < 1.29 is 13.2 Å². The summed E-state index contributed by atoms with van der Waals surface area (Å²) in [5.41, 5.74) is -2.23. The van der Waals surface area contributed by atoms with Gasteiger partial charge in [0.2, 0.25) is 0 Å². The third kappa shape index (κ3) is 1.13. The van der Waals surface area contributed by atoms with Gasteiger partial charge in [0.15, 0.2) is 0 Å². The Hall–Kier alpha value is -0.250. The average Bonchev–Trinajstić information content (AvgIpc) is 1.47. The molecule has 0 saturated carbocycles. The first-order valence-electron chi connectivity index (χ1n) is 3.98. The Morgan fingerprint density at radius 3 is 1.50 bits per heavy atom. The van der Waals surface area contributed by atoms with Crippen molar-refractivity contribution in [3.8, 4) is 0 Å². The molecule has 1 N–H and O–H groups in total. The summed E-state index contributed by atoms with van der Waals surface area (Å²) in [4.78, 5) is 0. The molecule has 1 saturated heterocycles. The summed E-state index contributed by atoms with van der Waals surface area (Å²) in [5, 5.41) is 2.70. The highest BCUT2D eigenvalue weighted by molar-refractivity contribution is 5.05. The number of halogens is 3. The largest absolute Gasteiger partial charge is 0.397 e. The first kappa shape index (κ1) is 9.84. The molecule has 12 heavy (non-hydrogen) atoms. The van der Waals surface area contributed by atoms with Crippen molar-refractivity contribution in [3.63, 3.8) is 0 Å². The van der Waals surface area contributed by atoms with E-state index < -0.39 is 17.0 Å². The highest BCUT2D eigenvalue weighted by Gasteiger charge is 2.64. The minimum atomic E-state index is -4.09. The van der Waals surface area contributed by atoms with Crippen molar-refractivity contribution >= 4 is 0 Å². The smallest absolute Gasteiger partial charge is 0.315 e. The third-order valence-corrected chi connectivity index (χ3v) is 2.83. The second-order valence-corrected chi connectivity index (χ2v) is 4.43. The molecule has 1 aliphatic rings. The zero-order valence-electron chi connectivity index (χ0n) is 7.55. The van der Waals surface area contributed by atoms with Crippen LogP contribution in [0.15, 0.2) is 0 Å². The van der Waals surface area contributed by atoms with E-state index in [1.165, 1.54) is 0 Å². The Morgan fingerprint density at radius 1 is 1.08 bits per heavy atom. The van der Waals surface area contributed by atoms with E-state index in [1.54, 1.807) is 20.8 Å². The van der Waals surface area contributed by atoms with Crippen LogP contribution in [-0.2, 0) is 0 Å². The Kier molecular flexibility index (Phi) is 1.95. The molecule has 1 rings (SSSR count). The lowest BCUT2D eigenvalue weighted by Gasteiger charge is -2.52. The lowest BCUT2D eigenvalue weighted by Crippen LogP contribution is -2.67. The SMILES string of the molecule is CC(C)(C)C1(C(F)(F)F)CNC1. The van der Waals surface area contributed by atoms with E-state index in [0.717, 1.165) is 0 Å². The van der Waals surface area contributed by atoms with Crippen LogP contribution in [0.3, 0.4) is 0 Å². The molecule has 0 aromatic carbocycles. The van der Waals surface area contributed by atoms with Gasteiger partial charge in [0.05, 0.1) is 5.41 Å². The second kappa shape index (κ2) is 2.37. The summed E-state index contributed by atoms with van der Waals surface area (Å²) in [6.07, 6.45) is -4.09. The van der Waals surface area contributed by atoms with Crippen LogP contribution in [-0.4, -0.2) is 19.3 Å². The van der Waals surface area contributed by atoms with Crippen LogP contribution in [0.25, 0.3) is 0 Å². The monoisotopic (exact) mass is 181 g/mol. The van der Waals surface area contributed by atoms with Gasteiger partial charge in [0.1, 0.15) is 0 Å². The van der Waals surface area contributed by atoms with E-state index in [0.29, 0.717) is 0 Å². The maximum atomic E-state index is 12.6. The van der Waals surface area contributed by atoms with Crippen LogP contribution in [0.4, 0.5) is 13.2 Å². The van der Waals surface area contributed by atoms with E-state index in [4.69, 9.17) is 0 Å². The summed E-state index contributed by atoms with van der Waals surface area (Å²) in [6, 6.07) is 0. The minimum absolute atomic E-state index is 0.0556. The Morgan fingerprint density at radius 2 is 1.50 bits per heavy atom. The zero-order chi connectivity index (χ0) is 9.62. The second-order valence-electron chi connectivity index (χ2n) is 4.43. The van der Waals surface area contributed by atoms with Crippen molar-refractivity contribution in [1.29, 1.82) is 0 Å². The van der Waals surface area contributed by atoms with Gasteiger partial charge in [-0.1, -0.05) is 20.8 Å². The molecule has 1 nitrogen and oxygen atoms in total. The molecule has 0 bridgehead atoms. The first-order chi connectivity index (χ1) is 5.21. The predicted octanol–water partition coefficient (Wildman–Crippen LogP) is 2.18. The molecule has 0 amide bonds. The fourth-order valence-corrected chi connectivity index (χ4v) is 1.53. The average molecular weight is 181 g/mol. The van der Waals surface area contributed by atoms with Crippen molar-refractivity contribution in [1.82, 2.24) is 5.32 Å². The van der Waals surface area contributed by atoms with Crippen LogP contribution in [0, 0.1) is 10.8 Å². The summed E-state index contributed by atoms with van der Waals surface area (Å²) in [7, 11) is 0. The Labute approximate surface area is 70.3 Å². The van der Waals surface area contributed by atoms with Gasteiger partial charge >= 0.3 is 6.18 Å². The molecule has 0 aromatic heterocycles. The number of rotatable bonds is 0. The van der Waals surface area contributed by atoms with Gasteiger partial charge < -0.3 is 5.32 Å². The van der Waals surface area contributed by atoms with E-state index in [9.17, 15) is 13.2 Å². The molecule has 0 aromatic rings. The molecule has 1 fully saturated rings. The van der Waals surface area contributed by atoms with Gasteiger partial charge in [-0.15, -0.1) is 0 Å². The standard InChI is InChI=1S/C8H14F3N/c1-6(2,3)7(4-12-5-7)8(9,10)11/h12H,4-5H2,1-3H3. The molecular weight excluding hydrogens is 167 g/mol. The molecule has 4 heteroatoms. The maximum Gasteiger partial charge on any atom is 0.397 e. The lowest BCUT2D eigenvalue weighted by molar-refractivity contribution is -0.274. The van der Waals surface area contributed by atoms with Gasteiger partial charge in [0, 0.05) is 13.1 Å². The lowest BCUT2D eigenvalue weighted by atomic mass is 9.62. The van der Waals surface area contributed by atoms with Crippen molar-refractivity contribution in [2.24, 2.45) is 10.8 Å². The molecule has 0 spiro atoms. The third-order valence-electron chi connectivity index (χ3n) is 2.83. The highest BCUT2D eigenvalue weighted by atomic mass is 19.4. The van der Waals surface area contributed by atoms with Crippen molar-refractivity contribution in [2.45, 2.75) is 26.9 Å². The first-order valence-corrected chi connectivity index (χ1v) is 3.98. The number of alkyl halides is 3. The topological polar surface area (TPSA) is 12.0 Å². The van der Waals surface area contributed by atoms with Crippen LogP contribution >= 0.6 is 0 Å². The molecule has 0 atom stereocenters. The fraction of sp³-hybridized carbons (Fsp3) is 1.00. The number of hydrogen-bond acceptors (Lipinski definition) is 1. The molecule has 0 radical (unpaired) electrons. The van der Waals surface area contributed by atoms with Crippen LogP contribution < -0.4 is 5.32 Å². The quantitative estimate of drug-likeness (QED) is 0.604. The Bertz CT molecular complexity index is 158. The number of nitrogens with one attached hydrogen (secondary N) is 1. The van der Waals surface area contributed by atoms with Crippen molar-refractivity contribution in [2.75, 3.05) is 13.1 Å². The summed E-state index contributed by atoms with van der Waals surface area (Å²) >= 11 is 0. The van der Waals surface area contributed by atoms with Crippen molar-refractivity contribution in [3.05, 3.63) is 0 Å². The van der Waals surface area contributed by atoms with E-state index in [2.05, 4.69) is 5.32 Å². The fourth-order valence-electron chi connectivity index (χ4n) is 1.53. The minimum Gasteiger partial charge on any atom is -0.315 e. The normalized spacial score (nSPS) is 23.5. The van der Waals surface area contributed by atoms with Crippen LogP contribution in [0.5, 0.6) is 0 Å². The van der Waals surface area contributed by atoms with Gasteiger partial charge in [-0.05, 0) is 5.41 Å². The highest BCUT2D eigenvalue weighted by Crippen LogP contribution is 2.53. The summed E-state index contributed by atoms with van der Waals surface area (Å²) in [5.74, 6) is 0. The molecule has 1 aliphatic heterocycles. The molecule has 72 valence electrons. The van der Waals surface area contributed by atoms with Crippen LogP contribution in [0.1, 0.15) is 20.8 Å². The summed E-state index contributed by atoms with van der Waals surface area (Å²) < 4.78 is 37.8. The molecule has 1 heterocycles. The zero-order valence-corrected chi connectivity index (χ0v) is 7.55. The van der Waals surface area contributed by atoms with E-state index in [1.807, 2.05) is 0 Å². The van der Waals surface area contributed by atoms with Gasteiger partial charge in [-0.2, -0.15) is 13.2 Å². The molecule has 0 aliphatic carbocycles. The number of hydrogen-bond donors (Lipinski definition) is 1. The Balaban J connectivity index is 2.92. The molecule has 0 unspecified atom stereocenters. The predicted molar refractivity (Wildman–Crippen MR) is 40.8 cm³/mol. The maximum absolute atomic E-state index is 12.6. The van der Waals surface area contributed by atoms with Gasteiger partial charge in [-0.3, -0.25) is 0 Å². The van der Waals surface area contributed by atoms with Gasteiger partial charge in [-0.25, -0.2) is 0 Å². The molecular formula is C8H14F3N. The van der Waals surface area contributed by atoms with E-state index >= 15 is 0 Å². The summed E-state index contributed by atoms with van der Waals surface area (Å²) in [6.45, 7) is 5.03. The van der Waals surface area contributed by atoms with Gasteiger partial charge in [0.25, 0.3) is 0 Å².